The quantitative estimate of drug-likeness (QED) is 0.802. The van der Waals surface area contributed by atoms with Crippen LogP contribution in [0.15, 0.2) is 24.3 Å². The number of rotatable bonds is 3. The van der Waals surface area contributed by atoms with Gasteiger partial charge in [0.15, 0.2) is 0 Å². The molecule has 0 aromatic heterocycles. The van der Waals surface area contributed by atoms with Crippen molar-refractivity contribution in [2.75, 3.05) is 6.54 Å². The van der Waals surface area contributed by atoms with E-state index in [0.717, 1.165) is 24.9 Å². The number of nitrogens with zero attached hydrogens (tertiary/aromatic N) is 1. The van der Waals surface area contributed by atoms with Gasteiger partial charge in [-0.3, -0.25) is 4.79 Å². The van der Waals surface area contributed by atoms with Gasteiger partial charge in [-0.05, 0) is 36.5 Å². The third-order valence-corrected chi connectivity index (χ3v) is 3.39. The largest absolute Gasteiger partial charge is 0.336 e. The van der Waals surface area contributed by atoms with Crippen molar-refractivity contribution in [2.24, 2.45) is 5.92 Å². The fourth-order valence-corrected chi connectivity index (χ4v) is 2.59. The predicted molar refractivity (Wildman–Crippen MR) is 69.5 cm³/mol. The summed E-state index contributed by atoms with van der Waals surface area (Å²) in [7, 11) is 0. The minimum Gasteiger partial charge on any atom is -0.336 e. The van der Waals surface area contributed by atoms with Crippen molar-refractivity contribution >= 4 is 5.91 Å². The van der Waals surface area contributed by atoms with Crippen molar-refractivity contribution < 1.29 is 9.18 Å². The van der Waals surface area contributed by atoms with Crippen LogP contribution in [0.4, 0.5) is 4.39 Å². The lowest BCUT2D eigenvalue weighted by atomic mass is 10.0. The molecule has 0 radical (unpaired) electrons. The molecule has 1 aliphatic rings. The molecule has 0 aliphatic carbocycles. The highest BCUT2D eigenvalue weighted by Gasteiger charge is 2.29. The van der Waals surface area contributed by atoms with Crippen LogP contribution in [0.25, 0.3) is 0 Å². The van der Waals surface area contributed by atoms with E-state index in [1.165, 1.54) is 6.07 Å². The Labute approximate surface area is 108 Å². The lowest BCUT2D eigenvalue weighted by Gasteiger charge is -2.26. The summed E-state index contributed by atoms with van der Waals surface area (Å²) in [6.45, 7) is 4.89. The fraction of sp³-hybridized carbons (Fsp3) is 0.533. The Balaban J connectivity index is 2.14. The molecule has 0 N–H and O–H groups in total. The van der Waals surface area contributed by atoms with Crippen LogP contribution in [0, 0.1) is 11.7 Å². The molecule has 18 heavy (non-hydrogen) atoms. The van der Waals surface area contributed by atoms with Gasteiger partial charge in [-0.1, -0.05) is 26.0 Å². The van der Waals surface area contributed by atoms with Crippen LogP contribution in [0.1, 0.15) is 44.7 Å². The highest BCUT2D eigenvalue weighted by Crippen LogP contribution is 2.32. The molecule has 1 aromatic rings. The molecule has 1 heterocycles. The van der Waals surface area contributed by atoms with Gasteiger partial charge in [0.05, 0.1) is 6.04 Å². The topological polar surface area (TPSA) is 20.3 Å². The SMILES string of the molecule is CC(C)CC(=O)N1CCC[C@@H]1c1cccc(F)c1. The van der Waals surface area contributed by atoms with Gasteiger partial charge in [0.1, 0.15) is 5.82 Å². The summed E-state index contributed by atoms with van der Waals surface area (Å²) in [6, 6.07) is 6.68. The molecule has 1 aromatic carbocycles. The standard InChI is InChI=1S/C15H20FNO/c1-11(2)9-15(18)17-8-4-7-14(17)12-5-3-6-13(16)10-12/h3,5-6,10-11,14H,4,7-9H2,1-2H3/t14-/m1/s1. The number of halogens is 1. The minimum absolute atomic E-state index is 0.0620. The second kappa shape index (κ2) is 5.51. The Bertz CT molecular complexity index is 430. The van der Waals surface area contributed by atoms with Crippen LogP contribution in [0.3, 0.4) is 0 Å². The van der Waals surface area contributed by atoms with Crippen LogP contribution >= 0.6 is 0 Å². The Morgan fingerprint density at radius 2 is 2.28 bits per heavy atom. The lowest BCUT2D eigenvalue weighted by molar-refractivity contribution is -0.132. The van der Waals surface area contributed by atoms with Crippen molar-refractivity contribution in [3.8, 4) is 0 Å². The molecule has 98 valence electrons. The van der Waals surface area contributed by atoms with Gasteiger partial charge in [0.2, 0.25) is 5.91 Å². The molecule has 0 spiro atoms. The van der Waals surface area contributed by atoms with Crippen molar-refractivity contribution in [3.63, 3.8) is 0 Å². The van der Waals surface area contributed by atoms with Gasteiger partial charge < -0.3 is 4.90 Å². The molecule has 2 rings (SSSR count). The first-order valence-corrected chi connectivity index (χ1v) is 6.63. The number of carbonyl (C=O) groups excluding carboxylic acids is 1. The maximum atomic E-state index is 13.3. The summed E-state index contributed by atoms with van der Waals surface area (Å²) in [6.07, 6.45) is 2.52. The van der Waals surface area contributed by atoms with E-state index in [-0.39, 0.29) is 17.8 Å². The summed E-state index contributed by atoms with van der Waals surface area (Å²) in [5.41, 5.74) is 0.921. The summed E-state index contributed by atoms with van der Waals surface area (Å²) in [5.74, 6) is 0.332. The van der Waals surface area contributed by atoms with Crippen LogP contribution in [-0.4, -0.2) is 17.4 Å². The van der Waals surface area contributed by atoms with Gasteiger partial charge in [-0.15, -0.1) is 0 Å². The fourth-order valence-electron chi connectivity index (χ4n) is 2.59. The second-order valence-electron chi connectivity index (χ2n) is 5.40. The average molecular weight is 249 g/mol. The highest BCUT2D eigenvalue weighted by molar-refractivity contribution is 5.77. The summed E-state index contributed by atoms with van der Waals surface area (Å²) in [5, 5.41) is 0. The Morgan fingerprint density at radius 3 is 2.94 bits per heavy atom. The lowest BCUT2D eigenvalue weighted by Crippen LogP contribution is -2.31. The molecule has 1 saturated heterocycles. The molecule has 0 saturated carbocycles. The van der Waals surface area contributed by atoms with Crippen molar-refractivity contribution in [1.82, 2.24) is 4.90 Å². The van der Waals surface area contributed by atoms with E-state index in [0.29, 0.717) is 12.3 Å². The van der Waals surface area contributed by atoms with Crippen LogP contribution in [0.5, 0.6) is 0 Å². The van der Waals surface area contributed by atoms with Crippen molar-refractivity contribution in [2.45, 2.75) is 39.2 Å². The summed E-state index contributed by atoms with van der Waals surface area (Å²) < 4.78 is 13.3. The Kier molecular flexibility index (Phi) is 4.00. The number of hydrogen-bond acceptors (Lipinski definition) is 1. The summed E-state index contributed by atoms with van der Waals surface area (Å²) in [4.78, 5) is 14.1. The smallest absolute Gasteiger partial charge is 0.223 e. The van der Waals surface area contributed by atoms with E-state index < -0.39 is 0 Å². The van der Waals surface area contributed by atoms with E-state index >= 15 is 0 Å². The highest BCUT2D eigenvalue weighted by atomic mass is 19.1. The summed E-state index contributed by atoms with van der Waals surface area (Å²) >= 11 is 0. The molecule has 3 heteroatoms. The molecule has 1 atom stereocenters. The maximum Gasteiger partial charge on any atom is 0.223 e. The van der Waals surface area contributed by atoms with Gasteiger partial charge in [-0.25, -0.2) is 4.39 Å². The molecule has 1 fully saturated rings. The van der Waals surface area contributed by atoms with Gasteiger partial charge in [-0.2, -0.15) is 0 Å². The maximum absolute atomic E-state index is 13.3. The van der Waals surface area contributed by atoms with E-state index in [1.54, 1.807) is 12.1 Å². The van der Waals surface area contributed by atoms with E-state index in [1.807, 2.05) is 24.8 Å². The Hall–Kier alpha value is -1.38. The monoisotopic (exact) mass is 249 g/mol. The van der Waals surface area contributed by atoms with Crippen molar-refractivity contribution in [3.05, 3.63) is 35.6 Å². The predicted octanol–water partition coefficient (Wildman–Crippen LogP) is 3.54. The zero-order valence-corrected chi connectivity index (χ0v) is 11.0. The first-order chi connectivity index (χ1) is 8.58. The number of hydrogen-bond donors (Lipinski definition) is 0. The first kappa shape index (κ1) is 13.1. The zero-order chi connectivity index (χ0) is 13.1. The Morgan fingerprint density at radius 1 is 1.50 bits per heavy atom. The first-order valence-electron chi connectivity index (χ1n) is 6.63. The molecule has 0 bridgehead atoms. The zero-order valence-electron chi connectivity index (χ0n) is 11.0. The average Bonchev–Trinajstić information content (AvgIpc) is 2.76. The number of amides is 1. The van der Waals surface area contributed by atoms with Gasteiger partial charge >= 0.3 is 0 Å². The van der Waals surface area contributed by atoms with Crippen LogP contribution in [0.2, 0.25) is 0 Å². The normalized spacial score (nSPS) is 19.6. The van der Waals surface area contributed by atoms with E-state index in [9.17, 15) is 9.18 Å². The van der Waals surface area contributed by atoms with E-state index in [4.69, 9.17) is 0 Å². The van der Waals surface area contributed by atoms with Gasteiger partial charge in [0, 0.05) is 13.0 Å². The second-order valence-corrected chi connectivity index (χ2v) is 5.40. The molecule has 0 unspecified atom stereocenters. The molecular weight excluding hydrogens is 229 g/mol. The minimum atomic E-state index is -0.226. The van der Waals surface area contributed by atoms with Crippen LogP contribution in [-0.2, 0) is 4.79 Å². The van der Waals surface area contributed by atoms with Gasteiger partial charge in [0.25, 0.3) is 0 Å². The number of carbonyl (C=O) groups is 1. The molecular formula is C15H20FNO. The van der Waals surface area contributed by atoms with Crippen molar-refractivity contribution in [1.29, 1.82) is 0 Å². The van der Waals surface area contributed by atoms with E-state index in [2.05, 4.69) is 0 Å². The molecule has 1 amide bonds. The third-order valence-electron chi connectivity index (χ3n) is 3.39. The number of likely N-dealkylation sites (tertiary alicyclic amines) is 1. The number of benzene rings is 1. The third kappa shape index (κ3) is 2.89. The van der Waals surface area contributed by atoms with Crippen LogP contribution < -0.4 is 0 Å². The molecule has 2 nitrogen and oxygen atoms in total. The molecule has 1 aliphatic heterocycles.